The predicted molar refractivity (Wildman–Crippen MR) is 132 cm³/mol. The van der Waals surface area contributed by atoms with E-state index >= 15 is 0 Å². The van der Waals surface area contributed by atoms with Crippen molar-refractivity contribution < 1.29 is 14.1 Å². The van der Waals surface area contributed by atoms with Gasteiger partial charge in [-0.25, -0.2) is 4.79 Å². The van der Waals surface area contributed by atoms with Gasteiger partial charge in [-0.2, -0.15) is 4.98 Å². The second-order valence-electron chi connectivity index (χ2n) is 9.84. The standard InChI is InChI=1S/C27H43N3O3/c1-6-8-9-10-14-18-23(15-7-2)25-28-24(33-29-25)19-20-32-26(31)30(27(3,4)5)21-22-16-12-11-13-17-22/h11-13,16-17,23H,6-10,14-15,18-21H2,1-5H3. The van der Waals surface area contributed by atoms with Crippen molar-refractivity contribution in [3.05, 3.63) is 47.6 Å². The Morgan fingerprint density at radius 2 is 1.76 bits per heavy atom. The summed E-state index contributed by atoms with van der Waals surface area (Å²) >= 11 is 0. The molecule has 1 unspecified atom stereocenters. The molecule has 0 aliphatic heterocycles. The Morgan fingerprint density at radius 3 is 2.42 bits per heavy atom. The summed E-state index contributed by atoms with van der Waals surface area (Å²) in [4.78, 5) is 19.2. The molecule has 1 atom stereocenters. The van der Waals surface area contributed by atoms with E-state index in [9.17, 15) is 4.79 Å². The Labute approximate surface area is 200 Å². The largest absolute Gasteiger partial charge is 0.449 e. The topological polar surface area (TPSA) is 68.5 Å². The summed E-state index contributed by atoms with van der Waals surface area (Å²) in [6.45, 7) is 11.2. The smallest absolute Gasteiger partial charge is 0.410 e. The number of hydrogen-bond acceptors (Lipinski definition) is 5. The molecule has 33 heavy (non-hydrogen) atoms. The Bertz CT molecular complexity index is 798. The SMILES string of the molecule is CCCCCCCC(CCC)c1noc(CCOC(=O)N(Cc2ccccc2)C(C)(C)C)n1. The molecule has 6 heteroatoms. The maximum absolute atomic E-state index is 12.8. The van der Waals surface area contributed by atoms with Crippen LogP contribution in [0.5, 0.6) is 0 Å². The van der Waals surface area contributed by atoms with Gasteiger partial charge in [0.05, 0.1) is 6.42 Å². The molecular weight excluding hydrogens is 414 g/mol. The van der Waals surface area contributed by atoms with Crippen LogP contribution in [-0.4, -0.2) is 33.3 Å². The number of benzene rings is 1. The molecule has 0 bridgehead atoms. The van der Waals surface area contributed by atoms with Gasteiger partial charge in [0, 0.05) is 18.0 Å². The average molecular weight is 458 g/mol. The number of aromatic nitrogens is 2. The first kappa shape index (κ1) is 26.9. The van der Waals surface area contributed by atoms with E-state index in [4.69, 9.17) is 9.26 Å². The zero-order valence-electron chi connectivity index (χ0n) is 21.3. The van der Waals surface area contributed by atoms with Crippen molar-refractivity contribution >= 4 is 6.09 Å². The summed E-state index contributed by atoms with van der Waals surface area (Å²) in [5.74, 6) is 1.68. The molecule has 0 N–H and O–H groups in total. The van der Waals surface area contributed by atoms with Gasteiger partial charge in [-0.05, 0) is 39.2 Å². The van der Waals surface area contributed by atoms with E-state index < -0.39 is 0 Å². The highest BCUT2D eigenvalue weighted by atomic mass is 16.6. The molecule has 2 aromatic rings. The third-order valence-corrected chi connectivity index (χ3v) is 5.90. The Balaban J connectivity index is 1.86. The van der Waals surface area contributed by atoms with Crippen LogP contribution in [0.3, 0.4) is 0 Å². The van der Waals surface area contributed by atoms with E-state index in [0.717, 1.165) is 30.7 Å². The van der Waals surface area contributed by atoms with Gasteiger partial charge in [-0.3, -0.25) is 4.90 Å². The molecule has 1 amide bonds. The predicted octanol–water partition coefficient (Wildman–Crippen LogP) is 7.29. The first-order valence-corrected chi connectivity index (χ1v) is 12.7. The zero-order valence-corrected chi connectivity index (χ0v) is 21.3. The van der Waals surface area contributed by atoms with Crippen molar-refractivity contribution in [1.82, 2.24) is 15.0 Å². The first-order valence-electron chi connectivity index (χ1n) is 12.7. The molecule has 0 radical (unpaired) electrons. The van der Waals surface area contributed by atoms with Gasteiger partial charge in [-0.15, -0.1) is 0 Å². The molecule has 1 aromatic carbocycles. The van der Waals surface area contributed by atoms with E-state index in [2.05, 4.69) is 24.0 Å². The molecule has 0 spiro atoms. The molecule has 1 heterocycles. The fourth-order valence-corrected chi connectivity index (χ4v) is 3.93. The van der Waals surface area contributed by atoms with Crippen LogP contribution in [0.1, 0.15) is 109 Å². The maximum atomic E-state index is 12.8. The quantitative estimate of drug-likeness (QED) is 0.279. The maximum Gasteiger partial charge on any atom is 0.410 e. The minimum Gasteiger partial charge on any atom is -0.449 e. The van der Waals surface area contributed by atoms with Crippen LogP contribution in [0, 0.1) is 0 Å². The zero-order chi connectivity index (χ0) is 24.1. The number of hydrogen-bond donors (Lipinski definition) is 0. The van der Waals surface area contributed by atoms with Crippen LogP contribution in [0.4, 0.5) is 4.79 Å². The number of amides is 1. The Morgan fingerprint density at radius 1 is 1.03 bits per heavy atom. The van der Waals surface area contributed by atoms with Gasteiger partial charge in [0.1, 0.15) is 6.61 Å². The van der Waals surface area contributed by atoms with Crippen LogP contribution in [0.15, 0.2) is 34.9 Å². The second kappa shape index (κ2) is 14.0. The molecule has 0 saturated heterocycles. The van der Waals surface area contributed by atoms with Crippen molar-refractivity contribution in [2.45, 2.75) is 110 Å². The van der Waals surface area contributed by atoms with Crippen LogP contribution in [0.25, 0.3) is 0 Å². The third kappa shape index (κ3) is 9.56. The van der Waals surface area contributed by atoms with Crippen LogP contribution in [0.2, 0.25) is 0 Å². The molecule has 0 aliphatic carbocycles. The Kier molecular flexibility index (Phi) is 11.4. The summed E-state index contributed by atoms with van der Waals surface area (Å²) in [6, 6.07) is 9.96. The van der Waals surface area contributed by atoms with Gasteiger partial charge in [0.15, 0.2) is 5.82 Å². The average Bonchev–Trinajstić information content (AvgIpc) is 3.25. The van der Waals surface area contributed by atoms with E-state index in [1.54, 1.807) is 4.90 Å². The van der Waals surface area contributed by atoms with E-state index in [-0.39, 0.29) is 18.2 Å². The fourth-order valence-electron chi connectivity index (χ4n) is 3.93. The Hall–Kier alpha value is -2.37. The molecule has 6 nitrogen and oxygen atoms in total. The van der Waals surface area contributed by atoms with E-state index in [1.807, 2.05) is 51.1 Å². The van der Waals surface area contributed by atoms with Gasteiger partial charge in [0.2, 0.25) is 5.89 Å². The van der Waals surface area contributed by atoms with Gasteiger partial charge in [-0.1, -0.05) is 87.9 Å². The molecular formula is C27H43N3O3. The lowest BCUT2D eigenvalue weighted by molar-refractivity contribution is 0.0632. The van der Waals surface area contributed by atoms with Gasteiger partial charge in [0.25, 0.3) is 0 Å². The number of ether oxygens (including phenoxy) is 1. The van der Waals surface area contributed by atoms with Crippen molar-refractivity contribution in [3.8, 4) is 0 Å². The summed E-state index contributed by atoms with van der Waals surface area (Å²) < 4.78 is 11.1. The van der Waals surface area contributed by atoms with Gasteiger partial charge < -0.3 is 9.26 Å². The lowest BCUT2D eigenvalue weighted by Gasteiger charge is -2.34. The lowest BCUT2D eigenvalue weighted by atomic mass is 9.95. The second-order valence-corrected chi connectivity index (χ2v) is 9.84. The summed E-state index contributed by atoms with van der Waals surface area (Å²) in [5.41, 5.74) is 0.720. The minimum absolute atomic E-state index is 0.220. The van der Waals surface area contributed by atoms with Crippen LogP contribution < -0.4 is 0 Å². The summed E-state index contributed by atoms with van der Waals surface area (Å²) in [7, 11) is 0. The highest BCUT2D eigenvalue weighted by Gasteiger charge is 2.28. The molecule has 0 saturated carbocycles. The lowest BCUT2D eigenvalue weighted by Crippen LogP contribution is -2.45. The van der Waals surface area contributed by atoms with E-state index in [0.29, 0.717) is 24.8 Å². The molecule has 184 valence electrons. The third-order valence-electron chi connectivity index (χ3n) is 5.90. The fraction of sp³-hybridized carbons (Fsp3) is 0.667. The number of carbonyl (C=O) groups excluding carboxylic acids is 1. The van der Waals surface area contributed by atoms with Crippen LogP contribution >= 0.6 is 0 Å². The molecule has 0 aliphatic rings. The monoisotopic (exact) mass is 457 g/mol. The van der Waals surface area contributed by atoms with Crippen molar-refractivity contribution in [3.63, 3.8) is 0 Å². The summed E-state index contributed by atoms with van der Waals surface area (Å²) in [6.07, 6.45) is 9.71. The first-order chi connectivity index (χ1) is 15.8. The highest BCUT2D eigenvalue weighted by molar-refractivity contribution is 5.68. The van der Waals surface area contributed by atoms with Crippen molar-refractivity contribution in [2.75, 3.05) is 6.61 Å². The number of unbranched alkanes of at least 4 members (excludes halogenated alkanes) is 4. The number of carbonyl (C=O) groups is 1. The van der Waals surface area contributed by atoms with E-state index in [1.165, 1.54) is 32.1 Å². The molecule has 0 fully saturated rings. The van der Waals surface area contributed by atoms with Gasteiger partial charge >= 0.3 is 6.09 Å². The minimum atomic E-state index is -0.352. The van der Waals surface area contributed by atoms with Crippen molar-refractivity contribution in [2.24, 2.45) is 0 Å². The highest BCUT2D eigenvalue weighted by Crippen LogP contribution is 2.25. The summed E-state index contributed by atoms with van der Waals surface area (Å²) in [5, 5.41) is 4.24. The molecule has 1 aromatic heterocycles. The van der Waals surface area contributed by atoms with Crippen molar-refractivity contribution in [1.29, 1.82) is 0 Å². The molecule has 2 rings (SSSR count). The normalized spacial score (nSPS) is 12.5. The number of rotatable bonds is 14. The number of nitrogens with zero attached hydrogens (tertiary/aromatic N) is 3. The van der Waals surface area contributed by atoms with Crippen LogP contribution in [-0.2, 0) is 17.7 Å².